The van der Waals surface area contributed by atoms with Crippen molar-refractivity contribution in [2.75, 3.05) is 39.9 Å². The Kier molecular flexibility index (Phi) is 10.1. The van der Waals surface area contributed by atoms with Crippen molar-refractivity contribution in [2.24, 2.45) is 56.7 Å². The number of carbonyl (C=O) groups is 3. The van der Waals surface area contributed by atoms with Crippen molar-refractivity contribution in [1.82, 2.24) is 10.6 Å². The number of esters is 2. The highest BCUT2D eigenvalue weighted by molar-refractivity contribution is 5.73. The lowest BCUT2D eigenvalue weighted by molar-refractivity contribution is -0.262. The Balaban J connectivity index is 1.50. The summed E-state index contributed by atoms with van der Waals surface area (Å²) in [5.41, 5.74) is -0.438. The van der Waals surface area contributed by atoms with E-state index < -0.39 is 34.9 Å². The lowest BCUT2D eigenvalue weighted by Crippen LogP contribution is -2.70. The zero-order valence-electron chi connectivity index (χ0n) is 30.5. The topological polar surface area (TPSA) is 123 Å². The maximum Gasteiger partial charge on any atom is 0.320 e. The first-order valence-electron chi connectivity index (χ1n) is 18.2. The van der Waals surface area contributed by atoms with E-state index in [1.54, 1.807) is 0 Å². The molecule has 47 heavy (non-hydrogen) atoms. The van der Waals surface area contributed by atoms with Crippen LogP contribution in [0.4, 0.5) is 0 Å². The van der Waals surface area contributed by atoms with Gasteiger partial charge in [0.05, 0.1) is 25.7 Å². The molecule has 4 aliphatic carbocycles. The fourth-order valence-electron chi connectivity index (χ4n) is 11.9. The van der Waals surface area contributed by atoms with Gasteiger partial charge in [-0.05, 0) is 105 Å². The quantitative estimate of drug-likeness (QED) is 0.148. The first-order valence-corrected chi connectivity index (χ1v) is 18.2. The summed E-state index contributed by atoms with van der Waals surface area (Å²) in [6.45, 7) is 19.8. The summed E-state index contributed by atoms with van der Waals surface area (Å²) in [5, 5.41) is 17.2. The van der Waals surface area contributed by atoms with Crippen molar-refractivity contribution in [3.05, 3.63) is 11.6 Å². The monoisotopic (exact) mass is 658 g/mol. The van der Waals surface area contributed by atoms with Crippen LogP contribution in [0.3, 0.4) is 0 Å². The number of carboxylic acids is 1. The molecule has 4 fully saturated rings. The van der Waals surface area contributed by atoms with E-state index in [-0.39, 0.29) is 52.5 Å². The molecule has 0 aromatic heterocycles. The minimum atomic E-state index is -0.667. The highest BCUT2D eigenvalue weighted by Gasteiger charge is 2.72. The second kappa shape index (κ2) is 13.1. The van der Waals surface area contributed by atoms with E-state index >= 15 is 0 Å². The first-order chi connectivity index (χ1) is 22.0. The van der Waals surface area contributed by atoms with Crippen LogP contribution in [-0.2, 0) is 28.6 Å². The Morgan fingerprint density at radius 1 is 1.02 bits per heavy atom. The van der Waals surface area contributed by atoms with E-state index in [9.17, 15) is 19.5 Å². The van der Waals surface area contributed by atoms with E-state index in [2.05, 4.69) is 65.2 Å². The molecule has 5 aliphatic rings. The van der Waals surface area contributed by atoms with E-state index in [1.807, 2.05) is 7.05 Å². The summed E-state index contributed by atoms with van der Waals surface area (Å²) in [5.74, 6) is -0.762. The second-order valence-corrected chi connectivity index (χ2v) is 17.2. The Morgan fingerprint density at radius 3 is 2.38 bits per heavy atom. The van der Waals surface area contributed by atoms with Gasteiger partial charge in [-0.25, -0.2) is 0 Å². The Hall–Kier alpha value is -1.97. The molecule has 9 heteroatoms. The predicted molar refractivity (Wildman–Crippen MR) is 180 cm³/mol. The molecular formula is C38H62N2O7. The molecule has 0 unspecified atom stereocenters. The van der Waals surface area contributed by atoms with Gasteiger partial charge in [0, 0.05) is 17.8 Å². The molecule has 3 saturated carbocycles. The molecule has 1 aliphatic heterocycles. The van der Waals surface area contributed by atoms with Gasteiger partial charge in [-0.1, -0.05) is 60.1 Å². The van der Waals surface area contributed by atoms with Crippen LogP contribution in [0.2, 0.25) is 0 Å². The van der Waals surface area contributed by atoms with Crippen LogP contribution in [0.25, 0.3) is 0 Å². The van der Waals surface area contributed by atoms with Crippen LogP contribution in [0.5, 0.6) is 0 Å². The van der Waals surface area contributed by atoms with Gasteiger partial charge in [0.15, 0.2) is 0 Å². The number of carbonyl (C=O) groups excluding carboxylic acids is 2. The smallest absolute Gasteiger partial charge is 0.320 e. The first kappa shape index (κ1) is 36.3. The normalized spacial score (nSPS) is 43.1. The number of fused-ring (bicyclic) bond motifs is 3. The van der Waals surface area contributed by atoms with Crippen LogP contribution < -0.4 is 10.6 Å². The molecule has 5 rings (SSSR count). The molecule has 266 valence electrons. The van der Waals surface area contributed by atoms with Gasteiger partial charge in [-0.3, -0.25) is 14.4 Å². The zero-order chi connectivity index (χ0) is 34.6. The van der Waals surface area contributed by atoms with Crippen LogP contribution in [-0.4, -0.2) is 75.1 Å². The van der Waals surface area contributed by atoms with Gasteiger partial charge in [0.1, 0.15) is 12.2 Å². The van der Waals surface area contributed by atoms with E-state index in [0.717, 1.165) is 38.6 Å². The molecule has 0 amide bonds. The average molecular weight is 659 g/mol. The third-order valence-electron chi connectivity index (χ3n) is 14.7. The van der Waals surface area contributed by atoms with Crippen molar-refractivity contribution >= 4 is 17.9 Å². The average Bonchev–Trinajstić information content (AvgIpc) is 2.98. The summed E-state index contributed by atoms with van der Waals surface area (Å²) < 4.78 is 18.8. The number of allylic oxidation sites excluding steroid dienone is 1. The van der Waals surface area contributed by atoms with E-state index in [0.29, 0.717) is 38.5 Å². The fraction of sp³-hybridized carbons (Fsp3) is 0.868. The van der Waals surface area contributed by atoms with Gasteiger partial charge in [-0.15, -0.1) is 0 Å². The summed E-state index contributed by atoms with van der Waals surface area (Å²) in [6, 6.07) is 0. The highest BCUT2D eigenvalue weighted by Crippen LogP contribution is 2.75. The summed E-state index contributed by atoms with van der Waals surface area (Å²) in [4.78, 5) is 39.1. The zero-order valence-corrected chi connectivity index (χ0v) is 30.5. The largest absolute Gasteiger partial charge is 0.481 e. The molecule has 0 radical (unpaired) electrons. The van der Waals surface area contributed by atoms with Gasteiger partial charge < -0.3 is 30.0 Å². The van der Waals surface area contributed by atoms with Crippen molar-refractivity contribution in [3.63, 3.8) is 0 Å². The van der Waals surface area contributed by atoms with E-state index in [4.69, 9.17) is 14.2 Å². The number of hydrogen-bond donors (Lipinski definition) is 3. The minimum Gasteiger partial charge on any atom is -0.481 e. The number of aliphatic carboxylic acids is 1. The fourth-order valence-corrected chi connectivity index (χ4v) is 11.9. The minimum absolute atomic E-state index is 0.100. The molecule has 0 aromatic rings. The van der Waals surface area contributed by atoms with Gasteiger partial charge in [-0.2, -0.15) is 0 Å². The molecular weight excluding hydrogens is 596 g/mol. The highest BCUT2D eigenvalue weighted by atomic mass is 16.6. The summed E-state index contributed by atoms with van der Waals surface area (Å²) >= 11 is 0. The predicted octanol–water partition coefficient (Wildman–Crippen LogP) is 5.62. The van der Waals surface area contributed by atoms with Crippen LogP contribution in [0.15, 0.2) is 11.6 Å². The van der Waals surface area contributed by atoms with Crippen molar-refractivity contribution in [3.8, 4) is 0 Å². The van der Waals surface area contributed by atoms with Gasteiger partial charge in [0.2, 0.25) is 0 Å². The molecule has 0 spiro atoms. The summed E-state index contributed by atoms with van der Waals surface area (Å²) in [6.07, 6.45) is 7.12. The van der Waals surface area contributed by atoms with Crippen LogP contribution >= 0.6 is 0 Å². The number of hydrogen-bond acceptors (Lipinski definition) is 8. The Labute approximate surface area is 282 Å². The molecule has 2 bridgehead atoms. The summed E-state index contributed by atoms with van der Waals surface area (Å²) in [7, 11) is 1.90. The Bertz CT molecular complexity index is 1250. The van der Waals surface area contributed by atoms with E-state index in [1.165, 1.54) is 12.5 Å². The third-order valence-corrected chi connectivity index (χ3v) is 14.7. The SMILES string of the molecule is CNCCCNCC(=O)O[C@H]1[C@H](OC(C)=O)C[C@@]23COC[C@]1(C)[C@@H]2CC[C@H]1C3=CC[C@@]2(C)[C@H](C(=O)O)[C@@](C)([C@H](C)C(C)C)CC[C@]12C. The number of rotatable bonds is 11. The van der Waals surface area contributed by atoms with Gasteiger partial charge >= 0.3 is 17.9 Å². The molecule has 1 saturated heterocycles. The Morgan fingerprint density at radius 2 is 1.74 bits per heavy atom. The van der Waals surface area contributed by atoms with Crippen LogP contribution in [0, 0.1) is 56.7 Å². The molecule has 11 atom stereocenters. The molecule has 9 nitrogen and oxygen atoms in total. The molecule has 0 aromatic carbocycles. The maximum atomic E-state index is 13.3. The third kappa shape index (κ3) is 5.68. The number of nitrogens with one attached hydrogen (secondary N) is 2. The second-order valence-electron chi connectivity index (χ2n) is 17.2. The number of ether oxygens (including phenoxy) is 3. The molecule has 1 heterocycles. The van der Waals surface area contributed by atoms with Crippen molar-refractivity contribution < 1.29 is 33.7 Å². The molecule has 3 N–H and O–H groups in total. The maximum absolute atomic E-state index is 13.3. The standard InChI is InChI=1S/C38H62N2O7/c1-23(2)24(3)34(5)15-16-36(7)26-11-12-29-35(6)21-45-22-38(29,27(26)13-14-37(36,8)31(34)33(43)44)19-28(46-25(4)41)32(35)47-30(42)20-40-18-10-17-39-9/h13,23-24,26,28-29,31-32,39-40H,10-12,14-22H2,1-9H3,(H,43,44)/t24-,26+,28-,29+,31-,32+,34-,35-,36-,37+,38+/m1/s1. The van der Waals surface area contributed by atoms with Crippen molar-refractivity contribution in [2.45, 2.75) is 113 Å². The number of carboxylic acid groups (broad SMARTS) is 1. The van der Waals surface area contributed by atoms with Crippen LogP contribution in [0.1, 0.15) is 100 Å². The lowest BCUT2D eigenvalue weighted by Gasteiger charge is -2.71. The lowest BCUT2D eigenvalue weighted by atomic mass is 9.34. The van der Waals surface area contributed by atoms with Gasteiger partial charge in [0.25, 0.3) is 0 Å². The van der Waals surface area contributed by atoms with Crippen molar-refractivity contribution in [1.29, 1.82) is 0 Å².